The van der Waals surface area contributed by atoms with E-state index in [9.17, 15) is 8.76 Å². The molecule has 1 aliphatic rings. The van der Waals surface area contributed by atoms with E-state index in [2.05, 4.69) is 19.6 Å². The van der Waals surface area contributed by atoms with Gasteiger partial charge in [-0.05, 0) is 56.1 Å². The van der Waals surface area contributed by atoms with Crippen LogP contribution in [0.2, 0.25) is 0 Å². The molecule has 1 N–H and O–H groups in total. The standard InChI is InChI=1S/C21H22N4O4S2/c26-31(27)23-11-14-5-8-25(9-6-14)12-15-13-28-18-10-16(3-4-17(15)18)29-21-24-20-19(30-21)2-1-7-22-20/h1-4,7,10,13-14,23H,5-6,8-9,11-12H2,(H,26,27)/p-1. The van der Waals surface area contributed by atoms with Gasteiger partial charge in [0, 0.05) is 47.6 Å². The van der Waals surface area contributed by atoms with Gasteiger partial charge in [0.1, 0.15) is 11.3 Å². The van der Waals surface area contributed by atoms with E-state index < -0.39 is 11.3 Å². The van der Waals surface area contributed by atoms with Crippen LogP contribution in [-0.2, 0) is 17.8 Å². The minimum atomic E-state index is -2.18. The molecule has 8 nitrogen and oxygen atoms in total. The van der Waals surface area contributed by atoms with Crippen molar-refractivity contribution in [2.45, 2.75) is 19.4 Å². The summed E-state index contributed by atoms with van der Waals surface area (Å²) in [6.07, 6.45) is 5.49. The number of furan rings is 1. The highest BCUT2D eigenvalue weighted by Gasteiger charge is 2.20. The van der Waals surface area contributed by atoms with Gasteiger partial charge in [-0.3, -0.25) is 9.11 Å². The summed E-state index contributed by atoms with van der Waals surface area (Å²) in [5, 5.41) is 1.63. The molecule has 1 aromatic carbocycles. The van der Waals surface area contributed by atoms with E-state index >= 15 is 0 Å². The Labute approximate surface area is 185 Å². The molecule has 0 bridgehead atoms. The Bertz CT molecular complexity index is 1180. The maximum atomic E-state index is 10.7. The molecule has 4 heterocycles. The van der Waals surface area contributed by atoms with Crippen molar-refractivity contribution in [2.24, 2.45) is 5.92 Å². The van der Waals surface area contributed by atoms with Gasteiger partial charge in [0.15, 0.2) is 5.65 Å². The Balaban J connectivity index is 1.23. The van der Waals surface area contributed by atoms with Gasteiger partial charge >= 0.3 is 0 Å². The zero-order chi connectivity index (χ0) is 21.2. The smallest absolute Gasteiger partial charge is 0.281 e. The van der Waals surface area contributed by atoms with Crippen LogP contribution in [0.25, 0.3) is 21.3 Å². The molecule has 162 valence electrons. The van der Waals surface area contributed by atoms with Crippen molar-refractivity contribution in [3.63, 3.8) is 0 Å². The number of nitrogens with zero attached hydrogens (tertiary/aromatic N) is 3. The molecule has 5 rings (SSSR count). The number of benzene rings is 1. The largest absolute Gasteiger partial charge is 0.760 e. The van der Waals surface area contributed by atoms with Crippen molar-refractivity contribution in [2.75, 3.05) is 19.6 Å². The summed E-state index contributed by atoms with van der Waals surface area (Å²) < 4.78 is 36.5. The van der Waals surface area contributed by atoms with Crippen LogP contribution in [0.1, 0.15) is 18.4 Å². The molecule has 0 amide bonds. The average molecular weight is 458 g/mol. The lowest BCUT2D eigenvalue weighted by Crippen LogP contribution is -2.37. The molecule has 1 fully saturated rings. The van der Waals surface area contributed by atoms with Crippen LogP contribution in [0.3, 0.4) is 0 Å². The summed E-state index contributed by atoms with van der Waals surface area (Å²) >= 11 is -0.721. The van der Waals surface area contributed by atoms with E-state index in [0.29, 0.717) is 29.1 Å². The molecule has 1 aliphatic heterocycles. The Hall–Kier alpha value is -2.37. The fourth-order valence-corrected chi connectivity index (χ4v) is 5.08. The number of hydrogen-bond acceptors (Lipinski definition) is 8. The molecule has 1 unspecified atom stereocenters. The molecule has 0 radical (unpaired) electrons. The normalized spacial score (nSPS) is 16.8. The van der Waals surface area contributed by atoms with E-state index in [0.717, 1.165) is 53.7 Å². The van der Waals surface area contributed by atoms with E-state index in [1.165, 1.54) is 11.3 Å². The molecule has 4 aromatic rings. The summed E-state index contributed by atoms with van der Waals surface area (Å²) in [7, 11) is 0. The van der Waals surface area contributed by atoms with Gasteiger partial charge in [-0.15, -0.1) is 0 Å². The topological polar surface area (TPSA) is 104 Å². The highest BCUT2D eigenvalue weighted by Crippen LogP contribution is 2.33. The summed E-state index contributed by atoms with van der Waals surface area (Å²) in [6.45, 7) is 3.21. The third kappa shape index (κ3) is 4.78. The number of rotatable bonds is 7. The van der Waals surface area contributed by atoms with Crippen LogP contribution in [0.5, 0.6) is 10.9 Å². The molecule has 10 heteroatoms. The Morgan fingerprint density at radius 2 is 2.19 bits per heavy atom. The van der Waals surface area contributed by atoms with Gasteiger partial charge in [-0.25, -0.2) is 9.71 Å². The molecular formula is C21H21N4O4S2-. The van der Waals surface area contributed by atoms with E-state index in [1.807, 2.05) is 36.6 Å². The van der Waals surface area contributed by atoms with E-state index in [-0.39, 0.29) is 0 Å². The van der Waals surface area contributed by atoms with Gasteiger partial charge in [-0.1, -0.05) is 11.3 Å². The van der Waals surface area contributed by atoms with Gasteiger partial charge in [0.2, 0.25) is 0 Å². The quantitative estimate of drug-likeness (QED) is 0.421. The van der Waals surface area contributed by atoms with Crippen molar-refractivity contribution in [3.8, 4) is 10.9 Å². The fourth-order valence-electron chi connectivity index (χ4n) is 3.92. The number of likely N-dealkylation sites (tertiary alicyclic amines) is 1. The number of nitrogens with one attached hydrogen (secondary N) is 1. The highest BCUT2D eigenvalue weighted by atomic mass is 32.2. The number of aromatic nitrogens is 2. The number of thiazole rings is 1. The first-order valence-electron chi connectivity index (χ1n) is 10.1. The number of ether oxygens (including phenoxy) is 1. The molecule has 0 aliphatic carbocycles. The second-order valence-corrected chi connectivity index (χ2v) is 9.38. The number of fused-ring (bicyclic) bond motifs is 2. The summed E-state index contributed by atoms with van der Waals surface area (Å²) in [5.74, 6) is 1.07. The van der Waals surface area contributed by atoms with Crippen LogP contribution in [0.15, 0.2) is 47.2 Å². The first kappa shape index (κ1) is 20.5. The van der Waals surface area contributed by atoms with Gasteiger partial charge in [0.05, 0.1) is 11.0 Å². The second-order valence-electron chi connectivity index (χ2n) is 7.63. The molecule has 1 saturated heterocycles. The average Bonchev–Trinajstić information content (AvgIpc) is 3.36. The molecule has 3 aromatic heterocycles. The van der Waals surface area contributed by atoms with Crippen LogP contribution >= 0.6 is 11.3 Å². The zero-order valence-corrected chi connectivity index (χ0v) is 18.3. The van der Waals surface area contributed by atoms with Gasteiger partial charge in [0.25, 0.3) is 5.19 Å². The number of piperidine rings is 1. The fraction of sp³-hybridized carbons (Fsp3) is 0.333. The minimum absolute atomic E-state index is 0.396. The number of hydrogen-bond donors (Lipinski definition) is 1. The molecule has 31 heavy (non-hydrogen) atoms. The first-order valence-corrected chi connectivity index (χ1v) is 12.0. The highest BCUT2D eigenvalue weighted by molar-refractivity contribution is 7.77. The van der Waals surface area contributed by atoms with Crippen molar-refractivity contribution in [3.05, 3.63) is 48.4 Å². The van der Waals surface area contributed by atoms with Crippen molar-refractivity contribution >= 4 is 43.9 Å². The molecule has 0 saturated carbocycles. The summed E-state index contributed by atoms with van der Waals surface area (Å²) in [6, 6.07) is 9.70. The van der Waals surface area contributed by atoms with Gasteiger partial charge < -0.3 is 13.7 Å². The first-order chi connectivity index (χ1) is 15.1. The summed E-state index contributed by atoms with van der Waals surface area (Å²) in [5.41, 5.74) is 2.61. The Morgan fingerprint density at radius 1 is 1.32 bits per heavy atom. The Kier molecular flexibility index (Phi) is 5.97. The van der Waals surface area contributed by atoms with Crippen LogP contribution in [0.4, 0.5) is 0 Å². The predicted octanol–water partition coefficient (Wildman–Crippen LogP) is 3.83. The number of pyridine rings is 1. The SMILES string of the molecule is O=S([O-])NCC1CCN(Cc2coc3cc(Oc4nc5ncccc5s4)ccc23)CC1. The maximum absolute atomic E-state index is 10.7. The van der Waals surface area contributed by atoms with Crippen molar-refractivity contribution < 1.29 is 17.9 Å². The maximum Gasteiger partial charge on any atom is 0.281 e. The van der Waals surface area contributed by atoms with Gasteiger partial charge in [-0.2, -0.15) is 4.98 Å². The minimum Gasteiger partial charge on any atom is -0.760 e. The zero-order valence-electron chi connectivity index (χ0n) is 16.7. The molecule has 1 atom stereocenters. The molecule has 0 spiro atoms. The Morgan fingerprint density at radius 3 is 3.00 bits per heavy atom. The van der Waals surface area contributed by atoms with E-state index in [1.54, 1.807) is 6.20 Å². The summed E-state index contributed by atoms with van der Waals surface area (Å²) in [4.78, 5) is 11.0. The van der Waals surface area contributed by atoms with Crippen LogP contribution < -0.4 is 9.46 Å². The lowest BCUT2D eigenvalue weighted by atomic mass is 9.97. The van der Waals surface area contributed by atoms with Crippen molar-refractivity contribution in [1.29, 1.82) is 0 Å². The third-order valence-electron chi connectivity index (χ3n) is 5.57. The third-order valence-corrected chi connectivity index (χ3v) is 6.86. The molecular weight excluding hydrogens is 436 g/mol. The van der Waals surface area contributed by atoms with Crippen LogP contribution in [-0.4, -0.2) is 43.3 Å². The second kappa shape index (κ2) is 9.01. The monoisotopic (exact) mass is 457 g/mol. The lowest BCUT2D eigenvalue weighted by molar-refractivity contribution is 0.178. The predicted molar refractivity (Wildman–Crippen MR) is 119 cm³/mol. The van der Waals surface area contributed by atoms with E-state index in [4.69, 9.17) is 9.15 Å². The van der Waals surface area contributed by atoms with Crippen molar-refractivity contribution in [1.82, 2.24) is 19.6 Å². The van der Waals surface area contributed by atoms with Crippen LogP contribution in [0, 0.1) is 5.92 Å². The lowest BCUT2D eigenvalue weighted by Gasteiger charge is -2.32.